The van der Waals surface area contributed by atoms with E-state index in [9.17, 15) is 0 Å². The minimum Gasteiger partial charge on any atom is -0.385 e. The van der Waals surface area contributed by atoms with Crippen molar-refractivity contribution in [2.75, 3.05) is 27.4 Å². The highest BCUT2D eigenvalue weighted by atomic mass is 16.5. The van der Waals surface area contributed by atoms with Crippen molar-refractivity contribution in [1.82, 2.24) is 5.32 Å². The Morgan fingerprint density at radius 3 is 2.89 bits per heavy atom. The van der Waals surface area contributed by atoms with E-state index in [0.717, 1.165) is 32.5 Å². The second-order valence-electron chi connectivity index (χ2n) is 4.76. The summed E-state index contributed by atoms with van der Waals surface area (Å²) in [6, 6.07) is 8.97. The molecule has 0 amide bonds. The van der Waals surface area contributed by atoms with Crippen molar-refractivity contribution in [3.05, 3.63) is 35.4 Å². The highest BCUT2D eigenvalue weighted by Crippen LogP contribution is 2.31. The lowest BCUT2D eigenvalue weighted by molar-refractivity contribution is 0.00829. The molecule has 1 aromatic rings. The summed E-state index contributed by atoms with van der Waals surface area (Å²) >= 11 is 0. The molecule has 0 radical (unpaired) electrons. The summed E-state index contributed by atoms with van der Waals surface area (Å²) in [5.41, 5.74) is 2.84. The predicted molar refractivity (Wildman–Crippen MR) is 72.8 cm³/mol. The topological polar surface area (TPSA) is 30.5 Å². The number of benzene rings is 1. The smallest absolute Gasteiger partial charge is 0.0772 e. The van der Waals surface area contributed by atoms with E-state index in [0.29, 0.717) is 6.04 Å². The molecule has 3 nitrogen and oxygen atoms in total. The van der Waals surface area contributed by atoms with E-state index in [4.69, 9.17) is 9.47 Å². The Morgan fingerprint density at radius 2 is 2.11 bits per heavy atom. The molecule has 0 spiro atoms. The summed E-state index contributed by atoms with van der Waals surface area (Å²) in [6.45, 7) is 1.55. The fourth-order valence-corrected chi connectivity index (χ4v) is 2.69. The van der Waals surface area contributed by atoms with Crippen LogP contribution in [0.5, 0.6) is 0 Å². The Morgan fingerprint density at radius 1 is 1.28 bits per heavy atom. The van der Waals surface area contributed by atoms with Crippen molar-refractivity contribution in [3.8, 4) is 0 Å². The van der Waals surface area contributed by atoms with Gasteiger partial charge in [-0.15, -0.1) is 0 Å². The fraction of sp³-hybridized carbons (Fsp3) is 0.600. The maximum atomic E-state index is 6.00. The van der Waals surface area contributed by atoms with E-state index in [1.807, 2.05) is 7.05 Å². The average Bonchev–Trinajstić information content (AvgIpc) is 2.43. The average molecular weight is 249 g/mol. The molecule has 2 rings (SSSR count). The van der Waals surface area contributed by atoms with Crippen molar-refractivity contribution >= 4 is 0 Å². The van der Waals surface area contributed by atoms with E-state index in [1.54, 1.807) is 7.11 Å². The van der Waals surface area contributed by atoms with Crippen molar-refractivity contribution in [3.63, 3.8) is 0 Å². The maximum Gasteiger partial charge on any atom is 0.0772 e. The van der Waals surface area contributed by atoms with Crippen LogP contribution in [-0.4, -0.2) is 33.5 Å². The number of nitrogens with one attached hydrogen (secondary N) is 1. The summed E-state index contributed by atoms with van der Waals surface area (Å²) in [5.74, 6) is 0. The molecule has 0 aromatic heterocycles. The van der Waals surface area contributed by atoms with Gasteiger partial charge in [0.1, 0.15) is 0 Å². The molecule has 0 saturated carbocycles. The predicted octanol–water partition coefficient (Wildman–Crippen LogP) is 2.32. The van der Waals surface area contributed by atoms with Gasteiger partial charge in [-0.05, 0) is 37.4 Å². The molecule has 100 valence electrons. The SMILES string of the molecule is CNC1c2ccccc2CCC1OCCCOC. The number of rotatable bonds is 6. The first-order chi connectivity index (χ1) is 8.86. The molecule has 0 fully saturated rings. The number of aryl methyl sites for hydroxylation is 1. The summed E-state index contributed by atoms with van der Waals surface area (Å²) in [7, 11) is 3.74. The molecular weight excluding hydrogens is 226 g/mol. The third kappa shape index (κ3) is 3.10. The molecule has 1 aromatic carbocycles. The van der Waals surface area contributed by atoms with Gasteiger partial charge in [0.05, 0.1) is 12.1 Å². The lowest BCUT2D eigenvalue weighted by atomic mass is 9.85. The Hall–Kier alpha value is -0.900. The molecule has 0 saturated heterocycles. The van der Waals surface area contributed by atoms with Gasteiger partial charge in [0.15, 0.2) is 0 Å². The van der Waals surface area contributed by atoms with Crippen LogP contribution < -0.4 is 5.32 Å². The first kappa shape index (κ1) is 13.5. The van der Waals surface area contributed by atoms with E-state index >= 15 is 0 Å². The highest BCUT2D eigenvalue weighted by molar-refractivity contribution is 5.33. The zero-order valence-electron chi connectivity index (χ0n) is 11.3. The molecule has 1 aliphatic carbocycles. The van der Waals surface area contributed by atoms with Crippen LogP contribution >= 0.6 is 0 Å². The molecule has 0 heterocycles. The monoisotopic (exact) mass is 249 g/mol. The van der Waals surface area contributed by atoms with Crippen molar-refractivity contribution in [2.45, 2.75) is 31.4 Å². The minimum absolute atomic E-state index is 0.279. The number of hydrogen-bond donors (Lipinski definition) is 1. The zero-order chi connectivity index (χ0) is 12.8. The van der Waals surface area contributed by atoms with Crippen LogP contribution in [0.2, 0.25) is 0 Å². The van der Waals surface area contributed by atoms with Gasteiger partial charge >= 0.3 is 0 Å². The number of methoxy groups -OCH3 is 1. The summed E-state index contributed by atoms with van der Waals surface area (Å²) in [5, 5.41) is 3.39. The van der Waals surface area contributed by atoms with Gasteiger partial charge in [-0.2, -0.15) is 0 Å². The lowest BCUT2D eigenvalue weighted by Crippen LogP contribution is -2.36. The number of ether oxygens (including phenoxy) is 2. The van der Waals surface area contributed by atoms with Gasteiger partial charge < -0.3 is 14.8 Å². The lowest BCUT2D eigenvalue weighted by Gasteiger charge is -2.33. The van der Waals surface area contributed by atoms with Crippen molar-refractivity contribution in [2.24, 2.45) is 0 Å². The van der Waals surface area contributed by atoms with Crippen LogP contribution in [-0.2, 0) is 15.9 Å². The Bertz CT molecular complexity index is 367. The molecule has 1 N–H and O–H groups in total. The van der Waals surface area contributed by atoms with Gasteiger partial charge in [0.2, 0.25) is 0 Å². The van der Waals surface area contributed by atoms with Gasteiger partial charge in [0.25, 0.3) is 0 Å². The van der Waals surface area contributed by atoms with Crippen molar-refractivity contribution < 1.29 is 9.47 Å². The maximum absolute atomic E-state index is 6.00. The van der Waals surface area contributed by atoms with Gasteiger partial charge in [0, 0.05) is 20.3 Å². The van der Waals surface area contributed by atoms with E-state index in [1.165, 1.54) is 11.1 Å². The molecule has 0 aliphatic heterocycles. The third-order valence-electron chi connectivity index (χ3n) is 3.60. The van der Waals surface area contributed by atoms with E-state index in [-0.39, 0.29) is 6.10 Å². The first-order valence-corrected chi connectivity index (χ1v) is 6.72. The molecular formula is C15H23NO2. The van der Waals surface area contributed by atoms with Crippen LogP contribution in [0.4, 0.5) is 0 Å². The number of fused-ring (bicyclic) bond motifs is 1. The molecule has 2 atom stereocenters. The summed E-state index contributed by atoms with van der Waals surface area (Å²) < 4.78 is 11.0. The molecule has 1 aliphatic rings. The quantitative estimate of drug-likeness (QED) is 0.785. The molecule has 2 unspecified atom stereocenters. The van der Waals surface area contributed by atoms with Crippen LogP contribution in [0.1, 0.15) is 30.0 Å². The van der Waals surface area contributed by atoms with Crippen molar-refractivity contribution in [1.29, 1.82) is 0 Å². The largest absolute Gasteiger partial charge is 0.385 e. The summed E-state index contributed by atoms with van der Waals surface area (Å²) in [4.78, 5) is 0. The highest BCUT2D eigenvalue weighted by Gasteiger charge is 2.28. The van der Waals surface area contributed by atoms with Gasteiger partial charge in [-0.25, -0.2) is 0 Å². The Balaban J connectivity index is 1.97. The summed E-state index contributed by atoms with van der Waals surface area (Å²) in [6.07, 6.45) is 3.45. The Labute approximate surface area is 109 Å². The number of likely N-dealkylation sites (N-methyl/N-ethyl adjacent to an activating group) is 1. The molecule has 18 heavy (non-hydrogen) atoms. The second kappa shape index (κ2) is 6.88. The van der Waals surface area contributed by atoms with Gasteiger partial charge in [-0.1, -0.05) is 24.3 Å². The van der Waals surface area contributed by atoms with Crippen LogP contribution in [0.3, 0.4) is 0 Å². The minimum atomic E-state index is 0.279. The van der Waals surface area contributed by atoms with Crippen LogP contribution in [0.15, 0.2) is 24.3 Å². The second-order valence-corrected chi connectivity index (χ2v) is 4.76. The molecule has 3 heteroatoms. The normalized spacial score (nSPS) is 22.8. The Kier molecular flexibility index (Phi) is 5.17. The van der Waals surface area contributed by atoms with Gasteiger partial charge in [-0.3, -0.25) is 0 Å². The van der Waals surface area contributed by atoms with E-state index in [2.05, 4.69) is 29.6 Å². The van der Waals surface area contributed by atoms with Crippen LogP contribution in [0, 0.1) is 0 Å². The molecule has 0 bridgehead atoms. The number of hydrogen-bond acceptors (Lipinski definition) is 3. The zero-order valence-corrected chi connectivity index (χ0v) is 11.3. The first-order valence-electron chi connectivity index (χ1n) is 6.72. The van der Waals surface area contributed by atoms with Crippen LogP contribution in [0.25, 0.3) is 0 Å². The fourth-order valence-electron chi connectivity index (χ4n) is 2.69. The van der Waals surface area contributed by atoms with E-state index < -0.39 is 0 Å². The third-order valence-corrected chi connectivity index (χ3v) is 3.60. The standard InChI is InChI=1S/C15H23NO2/c1-16-15-13-7-4-3-6-12(13)8-9-14(15)18-11-5-10-17-2/h3-4,6-7,14-16H,5,8-11H2,1-2H3.